The number of hydrogen-bond donors (Lipinski definition) is 0. The third kappa shape index (κ3) is 4.73. The van der Waals surface area contributed by atoms with Crippen LogP contribution in [0.2, 0.25) is 13.1 Å². The highest BCUT2D eigenvalue weighted by Gasteiger charge is 2.37. The Balaban J connectivity index is 1.10. The van der Waals surface area contributed by atoms with E-state index >= 15 is 0 Å². The molecule has 2 heterocycles. The van der Waals surface area contributed by atoms with Crippen molar-refractivity contribution in [2.75, 3.05) is 9.80 Å². The van der Waals surface area contributed by atoms with Crippen molar-refractivity contribution in [2.45, 2.75) is 13.1 Å². The van der Waals surface area contributed by atoms with Gasteiger partial charge in [0.2, 0.25) is 0 Å². The number of para-hydroxylation sites is 4. The number of anilines is 6. The summed E-state index contributed by atoms with van der Waals surface area (Å²) in [5.41, 5.74) is 11.2. The molecule has 0 bridgehead atoms. The first-order chi connectivity index (χ1) is 28.5. The Labute approximate surface area is 338 Å². The van der Waals surface area contributed by atoms with E-state index in [1.165, 1.54) is 65.2 Å². The molecule has 0 saturated carbocycles. The molecule has 0 saturated heterocycles. The van der Waals surface area contributed by atoms with Crippen molar-refractivity contribution in [3.8, 4) is 11.1 Å². The quantitative estimate of drug-likeness (QED) is 0.124. The standard InChI is InChI=1S/C54H38N2OSi/c1-58(2)50-23-12-10-19-41(50)42-31-28-39(34-51(42)58)55(37-14-5-3-6-15-37)46-32-26-35-25-30-45-47(33-27-36-24-29-44(46)52(35)53(36)45)56(38-16-7-4-8-17-38)48-21-13-20-43-40-18-9-11-22-49(40)57-54(43)48/h3-34H,1-2H3. The lowest BCUT2D eigenvalue weighted by molar-refractivity contribution is 0.669. The van der Waals surface area contributed by atoms with E-state index in [-0.39, 0.29) is 0 Å². The van der Waals surface area contributed by atoms with Crippen molar-refractivity contribution < 1.29 is 4.42 Å². The van der Waals surface area contributed by atoms with Gasteiger partial charge in [-0.05, 0) is 104 Å². The van der Waals surface area contributed by atoms with Gasteiger partial charge in [-0.1, -0.05) is 147 Å². The van der Waals surface area contributed by atoms with Gasteiger partial charge in [-0.2, -0.15) is 0 Å². The van der Waals surface area contributed by atoms with Crippen molar-refractivity contribution in [3.05, 3.63) is 194 Å². The summed E-state index contributed by atoms with van der Waals surface area (Å²) >= 11 is 0. The Morgan fingerprint density at radius 1 is 0.379 bits per heavy atom. The number of nitrogens with zero attached hydrogens (tertiary/aromatic N) is 2. The summed E-state index contributed by atoms with van der Waals surface area (Å²) in [6.07, 6.45) is 0. The Bertz CT molecular complexity index is 3390. The van der Waals surface area contributed by atoms with E-state index in [2.05, 4.69) is 211 Å². The SMILES string of the molecule is C[Si]1(C)c2ccccc2-c2ccc(N(c3ccccc3)c3ccc4ccc5c(N(c6ccccc6)c6cccc7c6oc6ccccc67)ccc6ccc3c4c65)cc21. The van der Waals surface area contributed by atoms with E-state index in [0.29, 0.717) is 0 Å². The van der Waals surface area contributed by atoms with Crippen molar-refractivity contribution in [3.63, 3.8) is 0 Å². The van der Waals surface area contributed by atoms with Gasteiger partial charge in [0.1, 0.15) is 13.7 Å². The Hall–Kier alpha value is -7.14. The van der Waals surface area contributed by atoms with E-state index in [1.54, 1.807) is 0 Å². The van der Waals surface area contributed by atoms with Crippen LogP contribution in [0.25, 0.3) is 65.4 Å². The summed E-state index contributed by atoms with van der Waals surface area (Å²) in [7, 11) is -1.91. The zero-order valence-corrected chi connectivity index (χ0v) is 33.3. The second kappa shape index (κ2) is 12.4. The maximum absolute atomic E-state index is 6.67. The maximum Gasteiger partial charge on any atom is 0.159 e. The Morgan fingerprint density at radius 2 is 0.948 bits per heavy atom. The van der Waals surface area contributed by atoms with Gasteiger partial charge in [0.25, 0.3) is 0 Å². The lowest BCUT2D eigenvalue weighted by atomic mass is 9.91. The number of furan rings is 1. The average molecular weight is 759 g/mol. The third-order valence-corrected chi connectivity index (χ3v) is 16.1. The minimum atomic E-state index is -1.91. The van der Waals surface area contributed by atoms with Gasteiger partial charge in [-0.15, -0.1) is 0 Å². The van der Waals surface area contributed by atoms with Crippen LogP contribution in [0.15, 0.2) is 199 Å². The average Bonchev–Trinajstić information content (AvgIpc) is 3.77. The molecule has 0 spiro atoms. The smallest absolute Gasteiger partial charge is 0.159 e. The topological polar surface area (TPSA) is 19.6 Å². The van der Waals surface area contributed by atoms with Crippen LogP contribution in [-0.2, 0) is 0 Å². The molecule has 4 heteroatoms. The zero-order valence-electron chi connectivity index (χ0n) is 32.3. The summed E-state index contributed by atoms with van der Waals surface area (Å²) in [6, 6.07) is 71.0. The molecule has 1 aromatic heterocycles. The molecule has 12 rings (SSSR count). The van der Waals surface area contributed by atoms with Crippen LogP contribution in [0.3, 0.4) is 0 Å². The first kappa shape index (κ1) is 33.0. The summed E-state index contributed by atoms with van der Waals surface area (Å²) < 4.78 is 6.67. The summed E-state index contributed by atoms with van der Waals surface area (Å²) in [6.45, 7) is 4.99. The summed E-state index contributed by atoms with van der Waals surface area (Å²) in [5.74, 6) is 0. The number of hydrogen-bond acceptors (Lipinski definition) is 3. The van der Waals surface area contributed by atoms with Gasteiger partial charge in [0.15, 0.2) is 5.58 Å². The first-order valence-corrected chi connectivity index (χ1v) is 23.1. The van der Waals surface area contributed by atoms with E-state index in [0.717, 1.165) is 44.7 Å². The van der Waals surface area contributed by atoms with Crippen molar-refractivity contribution in [2.24, 2.45) is 0 Å². The molecule has 0 unspecified atom stereocenters. The fraction of sp³-hybridized carbons (Fsp3) is 0.0370. The fourth-order valence-electron chi connectivity index (χ4n) is 9.89. The van der Waals surface area contributed by atoms with Gasteiger partial charge >= 0.3 is 0 Å². The lowest BCUT2D eigenvalue weighted by Gasteiger charge is -2.30. The molecule has 0 amide bonds. The highest BCUT2D eigenvalue weighted by atomic mass is 28.3. The van der Waals surface area contributed by atoms with Crippen LogP contribution in [0, 0.1) is 0 Å². The van der Waals surface area contributed by atoms with Gasteiger partial charge in [-0.3, -0.25) is 0 Å². The first-order valence-electron chi connectivity index (χ1n) is 20.1. The second-order valence-electron chi connectivity index (χ2n) is 16.1. The van der Waals surface area contributed by atoms with Gasteiger partial charge in [0, 0.05) is 38.6 Å². The molecule has 58 heavy (non-hydrogen) atoms. The maximum atomic E-state index is 6.67. The van der Waals surface area contributed by atoms with E-state index in [4.69, 9.17) is 4.42 Å². The molecular formula is C54H38N2OSi. The molecule has 1 aliphatic heterocycles. The highest BCUT2D eigenvalue weighted by Crippen LogP contribution is 2.49. The van der Waals surface area contributed by atoms with Crippen molar-refractivity contribution in [1.29, 1.82) is 0 Å². The van der Waals surface area contributed by atoms with Gasteiger partial charge < -0.3 is 14.2 Å². The van der Waals surface area contributed by atoms with Crippen LogP contribution < -0.4 is 20.2 Å². The molecule has 0 fully saturated rings. The lowest BCUT2D eigenvalue weighted by Crippen LogP contribution is -2.49. The Kier molecular flexibility index (Phi) is 7.08. The monoisotopic (exact) mass is 758 g/mol. The second-order valence-corrected chi connectivity index (χ2v) is 20.4. The van der Waals surface area contributed by atoms with Crippen molar-refractivity contribution in [1.82, 2.24) is 0 Å². The third-order valence-electron chi connectivity index (χ3n) is 12.6. The van der Waals surface area contributed by atoms with Crippen molar-refractivity contribution >= 4 is 107 Å². The molecule has 0 atom stereocenters. The predicted molar refractivity (Wildman–Crippen MR) is 249 cm³/mol. The molecule has 1 aliphatic rings. The molecule has 0 aliphatic carbocycles. The molecule has 274 valence electrons. The van der Waals surface area contributed by atoms with Crippen LogP contribution in [0.4, 0.5) is 34.1 Å². The fourth-order valence-corrected chi connectivity index (χ4v) is 13.0. The van der Waals surface area contributed by atoms with E-state index in [9.17, 15) is 0 Å². The van der Waals surface area contributed by atoms with Crippen LogP contribution in [0.1, 0.15) is 0 Å². The number of rotatable bonds is 6. The molecular weight excluding hydrogens is 721 g/mol. The number of benzene rings is 10. The summed E-state index contributed by atoms with van der Waals surface area (Å²) in [5, 5.41) is 12.6. The Morgan fingerprint density at radius 3 is 1.67 bits per heavy atom. The number of fused-ring (bicyclic) bond motifs is 6. The minimum absolute atomic E-state index is 0.878. The van der Waals surface area contributed by atoms with Crippen LogP contribution >= 0.6 is 0 Å². The highest BCUT2D eigenvalue weighted by molar-refractivity contribution is 7.03. The predicted octanol–water partition coefficient (Wildman–Crippen LogP) is 14.2. The van der Waals surface area contributed by atoms with Crippen LogP contribution in [0.5, 0.6) is 0 Å². The molecule has 10 aromatic carbocycles. The van der Waals surface area contributed by atoms with E-state index in [1.807, 2.05) is 6.07 Å². The largest absolute Gasteiger partial charge is 0.454 e. The van der Waals surface area contributed by atoms with E-state index < -0.39 is 8.07 Å². The van der Waals surface area contributed by atoms with Gasteiger partial charge in [0.05, 0.1) is 17.1 Å². The molecule has 0 radical (unpaired) electrons. The minimum Gasteiger partial charge on any atom is -0.454 e. The molecule has 0 N–H and O–H groups in total. The van der Waals surface area contributed by atoms with Gasteiger partial charge in [-0.25, -0.2) is 0 Å². The van der Waals surface area contributed by atoms with Crippen LogP contribution in [-0.4, -0.2) is 8.07 Å². The summed E-state index contributed by atoms with van der Waals surface area (Å²) in [4.78, 5) is 4.85. The molecule has 3 nitrogen and oxygen atoms in total. The normalized spacial score (nSPS) is 13.1. The zero-order chi connectivity index (χ0) is 38.5. The molecule has 11 aromatic rings.